The average molecular weight is 350 g/mol. The van der Waals surface area contributed by atoms with Gasteiger partial charge in [-0.25, -0.2) is 9.59 Å². The first-order chi connectivity index (χ1) is 8.67. The molecule has 0 aliphatic heterocycles. The lowest BCUT2D eigenvalue weighted by Crippen LogP contribution is -2.44. The first-order valence-electron chi connectivity index (χ1n) is 5.62. The van der Waals surface area contributed by atoms with E-state index in [9.17, 15) is 9.59 Å². The maximum atomic E-state index is 11.6. The molecule has 0 radical (unpaired) electrons. The van der Waals surface area contributed by atoms with Gasteiger partial charge in [0.2, 0.25) is 0 Å². The summed E-state index contributed by atoms with van der Waals surface area (Å²) in [6.45, 7) is 5.16. The number of carbonyl (C=O) groups excluding carboxylic acids is 1. The maximum absolute atomic E-state index is 11.6. The molecule has 1 amide bonds. The van der Waals surface area contributed by atoms with Crippen molar-refractivity contribution in [2.45, 2.75) is 38.8 Å². The van der Waals surface area contributed by atoms with Gasteiger partial charge in [0, 0.05) is 21.2 Å². The Labute approximate surface area is 124 Å². The first-order valence-corrected chi connectivity index (χ1v) is 7.30. The highest BCUT2D eigenvalue weighted by Gasteiger charge is 2.24. The quantitative estimate of drug-likeness (QED) is 0.875. The fourth-order valence-electron chi connectivity index (χ4n) is 1.31. The van der Waals surface area contributed by atoms with Crippen LogP contribution < -0.4 is 5.32 Å². The molecule has 7 heteroatoms. The van der Waals surface area contributed by atoms with E-state index in [2.05, 4.69) is 21.2 Å². The van der Waals surface area contributed by atoms with E-state index in [0.717, 1.165) is 9.35 Å². The molecule has 1 aromatic heterocycles. The Bertz CT molecular complexity index is 467. The molecule has 0 unspecified atom stereocenters. The van der Waals surface area contributed by atoms with Crippen molar-refractivity contribution in [3.05, 3.63) is 20.8 Å². The number of ether oxygens (including phenoxy) is 1. The van der Waals surface area contributed by atoms with E-state index in [0.29, 0.717) is 0 Å². The summed E-state index contributed by atoms with van der Waals surface area (Å²) in [5.74, 6) is -1.09. The molecule has 0 bridgehead atoms. The standard InChI is InChI=1S/C12H16BrNO4S/c1-12(2,3)18-11(17)14-9(10(15)16)5-8-4-7(13)6-19-8/h4,6,9H,5H2,1-3H3,(H,14,17)(H,15,16)/t9-/m1/s1. The number of carboxylic acid groups (broad SMARTS) is 1. The summed E-state index contributed by atoms with van der Waals surface area (Å²) in [5, 5.41) is 13.3. The van der Waals surface area contributed by atoms with Gasteiger partial charge in [-0.05, 0) is 42.8 Å². The Hall–Kier alpha value is -1.08. The fraction of sp³-hybridized carbons (Fsp3) is 0.500. The van der Waals surface area contributed by atoms with Crippen LogP contribution in [0.3, 0.4) is 0 Å². The number of thiophene rings is 1. The third kappa shape index (κ3) is 6.07. The number of aliphatic carboxylic acids is 1. The lowest BCUT2D eigenvalue weighted by atomic mass is 10.2. The van der Waals surface area contributed by atoms with E-state index in [1.807, 2.05) is 11.4 Å². The van der Waals surface area contributed by atoms with Gasteiger partial charge in [0.15, 0.2) is 0 Å². The van der Waals surface area contributed by atoms with Gasteiger partial charge in [-0.2, -0.15) is 0 Å². The van der Waals surface area contributed by atoms with E-state index >= 15 is 0 Å². The second kappa shape index (κ2) is 6.38. The van der Waals surface area contributed by atoms with Gasteiger partial charge in [0.05, 0.1) is 0 Å². The Morgan fingerprint density at radius 3 is 2.58 bits per heavy atom. The highest BCUT2D eigenvalue weighted by Crippen LogP contribution is 2.21. The van der Waals surface area contributed by atoms with Crippen molar-refractivity contribution in [3.63, 3.8) is 0 Å². The van der Waals surface area contributed by atoms with Crippen LogP contribution in [0.1, 0.15) is 25.6 Å². The van der Waals surface area contributed by atoms with Crippen LogP contribution in [0.25, 0.3) is 0 Å². The topological polar surface area (TPSA) is 75.6 Å². The van der Waals surface area contributed by atoms with Crippen molar-refractivity contribution in [1.82, 2.24) is 5.32 Å². The highest BCUT2D eigenvalue weighted by molar-refractivity contribution is 9.10. The predicted molar refractivity (Wildman–Crippen MR) is 76.5 cm³/mol. The molecule has 0 aromatic carbocycles. The van der Waals surface area contributed by atoms with E-state index in [-0.39, 0.29) is 6.42 Å². The van der Waals surface area contributed by atoms with Crippen molar-refractivity contribution in [1.29, 1.82) is 0 Å². The first kappa shape index (κ1) is 16.0. The van der Waals surface area contributed by atoms with Crippen LogP contribution in [0, 0.1) is 0 Å². The second-order valence-electron chi connectivity index (χ2n) is 4.97. The largest absolute Gasteiger partial charge is 0.480 e. The van der Waals surface area contributed by atoms with Crippen molar-refractivity contribution < 1.29 is 19.4 Å². The Morgan fingerprint density at radius 2 is 2.16 bits per heavy atom. The smallest absolute Gasteiger partial charge is 0.408 e. The minimum atomic E-state index is -1.09. The Balaban J connectivity index is 2.63. The van der Waals surface area contributed by atoms with Crippen molar-refractivity contribution >= 4 is 39.3 Å². The molecule has 0 saturated heterocycles. The third-order valence-corrected chi connectivity index (χ3v) is 3.74. The summed E-state index contributed by atoms with van der Waals surface area (Å²) in [6.07, 6.45) is -0.499. The number of rotatable bonds is 4. The molecule has 2 N–H and O–H groups in total. The molecule has 1 heterocycles. The molecule has 0 fully saturated rings. The second-order valence-corrected chi connectivity index (χ2v) is 6.88. The summed E-state index contributed by atoms with van der Waals surface area (Å²) in [6, 6.07) is 0.831. The molecule has 1 atom stereocenters. The van der Waals surface area contributed by atoms with Gasteiger partial charge >= 0.3 is 12.1 Å². The molecule has 0 spiro atoms. The number of carboxylic acids is 1. The molecular formula is C12H16BrNO4S. The van der Waals surface area contributed by atoms with E-state index in [1.165, 1.54) is 11.3 Å². The van der Waals surface area contributed by atoms with Gasteiger partial charge in [-0.15, -0.1) is 11.3 Å². The Kier molecular flexibility index (Phi) is 5.37. The van der Waals surface area contributed by atoms with Crippen LogP contribution in [-0.2, 0) is 16.0 Å². The summed E-state index contributed by atoms with van der Waals surface area (Å²) in [5.41, 5.74) is -0.654. The van der Waals surface area contributed by atoms with Crippen LogP contribution in [0.15, 0.2) is 15.9 Å². The molecule has 0 aliphatic rings. The SMILES string of the molecule is CC(C)(C)OC(=O)N[C@H](Cc1cc(Br)cs1)C(=O)O. The number of hydrogen-bond donors (Lipinski definition) is 2. The number of nitrogens with one attached hydrogen (secondary N) is 1. The summed E-state index contributed by atoms with van der Waals surface area (Å²) in [7, 11) is 0. The minimum Gasteiger partial charge on any atom is -0.480 e. The van der Waals surface area contributed by atoms with Crippen LogP contribution in [0.5, 0.6) is 0 Å². The van der Waals surface area contributed by atoms with Crippen LogP contribution in [0.2, 0.25) is 0 Å². The van der Waals surface area contributed by atoms with Crippen LogP contribution in [-0.4, -0.2) is 28.8 Å². The number of hydrogen-bond acceptors (Lipinski definition) is 4. The van der Waals surface area contributed by atoms with E-state index < -0.39 is 23.7 Å². The lowest BCUT2D eigenvalue weighted by molar-refractivity contribution is -0.139. The third-order valence-electron chi connectivity index (χ3n) is 2.02. The average Bonchev–Trinajstić information content (AvgIpc) is 2.60. The molecule has 1 aromatic rings. The van der Waals surface area contributed by atoms with Gasteiger partial charge in [-0.3, -0.25) is 0 Å². The van der Waals surface area contributed by atoms with Gasteiger partial charge in [-0.1, -0.05) is 0 Å². The summed E-state index contributed by atoms with van der Waals surface area (Å²) >= 11 is 4.73. The molecule has 0 saturated carbocycles. The molecular weight excluding hydrogens is 334 g/mol. The van der Waals surface area contributed by atoms with Gasteiger partial charge in [0.25, 0.3) is 0 Å². The van der Waals surface area contributed by atoms with E-state index in [4.69, 9.17) is 9.84 Å². The number of amides is 1. The molecule has 106 valence electrons. The van der Waals surface area contributed by atoms with Gasteiger partial charge < -0.3 is 15.2 Å². The zero-order valence-electron chi connectivity index (χ0n) is 10.9. The minimum absolute atomic E-state index is 0.227. The van der Waals surface area contributed by atoms with Crippen molar-refractivity contribution in [3.8, 4) is 0 Å². The predicted octanol–water partition coefficient (Wildman–Crippen LogP) is 3.03. The summed E-state index contributed by atoms with van der Waals surface area (Å²) < 4.78 is 5.94. The van der Waals surface area contributed by atoms with Crippen LogP contribution in [0.4, 0.5) is 4.79 Å². The summed E-state index contributed by atoms with van der Waals surface area (Å²) in [4.78, 5) is 23.6. The van der Waals surface area contributed by atoms with Gasteiger partial charge in [0.1, 0.15) is 11.6 Å². The monoisotopic (exact) mass is 349 g/mol. The highest BCUT2D eigenvalue weighted by atomic mass is 79.9. The maximum Gasteiger partial charge on any atom is 0.408 e. The number of halogens is 1. The van der Waals surface area contributed by atoms with Crippen molar-refractivity contribution in [2.75, 3.05) is 0 Å². The fourth-order valence-corrected chi connectivity index (χ4v) is 2.81. The number of carbonyl (C=O) groups is 2. The molecule has 0 aliphatic carbocycles. The number of alkyl carbamates (subject to hydrolysis) is 1. The van der Waals surface area contributed by atoms with E-state index in [1.54, 1.807) is 20.8 Å². The molecule has 19 heavy (non-hydrogen) atoms. The molecule has 1 rings (SSSR count). The zero-order chi connectivity index (χ0) is 14.6. The normalized spacial score (nSPS) is 12.8. The van der Waals surface area contributed by atoms with Crippen molar-refractivity contribution in [2.24, 2.45) is 0 Å². The Morgan fingerprint density at radius 1 is 1.53 bits per heavy atom. The molecule has 5 nitrogen and oxygen atoms in total. The zero-order valence-corrected chi connectivity index (χ0v) is 13.3. The lowest BCUT2D eigenvalue weighted by Gasteiger charge is -2.21. The van der Waals surface area contributed by atoms with Crippen LogP contribution >= 0.6 is 27.3 Å².